The van der Waals surface area contributed by atoms with Gasteiger partial charge in [0, 0.05) is 30.2 Å². The van der Waals surface area contributed by atoms with Crippen LogP contribution in [0.2, 0.25) is 0 Å². The Bertz CT molecular complexity index is 728. The molecule has 1 N–H and O–H groups in total. The van der Waals surface area contributed by atoms with Gasteiger partial charge in [0.1, 0.15) is 11.5 Å². The quantitative estimate of drug-likeness (QED) is 0.775. The molecule has 0 saturated carbocycles. The van der Waals surface area contributed by atoms with E-state index in [1.807, 2.05) is 19.1 Å². The minimum absolute atomic E-state index is 0.205. The van der Waals surface area contributed by atoms with E-state index in [1.165, 1.54) is 22.2 Å². The van der Waals surface area contributed by atoms with Crippen molar-refractivity contribution in [3.05, 3.63) is 59.2 Å². The first-order chi connectivity index (χ1) is 10.1. The Hall–Kier alpha value is -2.00. The summed E-state index contributed by atoms with van der Waals surface area (Å²) in [7, 11) is 2.13. The summed E-state index contributed by atoms with van der Waals surface area (Å²) in [5.74, 6) is 1.95. The number of nitrogens with zero attached hydrogens (tertiary/aromatic N) is 1. The maximum Gasteiger partial charge on any atom is 0.120 e. The normalized spacial score (nSPS) is 13.0. The molecule has 2 aromatic heterocycles. The summed E-state index contributed by atoms with van der Waals surface area (Å²) in [6, 6.07) is 12.8. The molecular weight excluding hydrogens is 260 g/mol. The number of hydrogen-bond acceptors (Lipinski definition) is 2. The van der Waals surface area contributed by atoms with Crippen LogP contribution in [0.3, 0.4) is 0 Å². The lowest BCUT2D eigenvalue weighted by Crippen LogP contribution is -2.19. The lowest BCUT2D eigenvalue weighted by atomic mass is 10.1. The van der Waals surface area contributed by atoms with Crippen molar-refractivity contribution in [1.82, 2.24) is 9.88 Å². The number of furan rings is 1. The monoisotopic (exact) mass is 282 g/mol. The molecule has 0 aliphatic carbocycles. The number of fused-ring (bicyclic) bond motifs is 1. The fourth-order valence-corrected chi connectivity index (χ4v) is 2.92. The van der Waals surface area contributed by atoms with Gasteiger partial charge in [0.05, 0.1) is 6.04 Å². The van der Waals surface area contributed by atoms with Crippen molar-refractivity contribution in [1.29, 1.82) is 0 Å². The van der Waals surface area contributed by atoms with E-state index in [9.17, 15) is 0 Å². The molecule has 3 rings (SSSR count). The molecule has 2 heterocycles. The maximum absolute atomic E-state index is 5.68. The average molecular weight is 282 g/mol. The molecule has 0 spiro atoms. The van der Waals surface area contributed by atoms with Gasteiger partial charge in [-0.25, -0.2) is 0 Å². The largest absolute Gasteiger partial charge is 0.465 e. The van der Waals surface area contributed by atoms with E-state index in [4.69, 9.17) is 4.42 Å². The van der Waals surface area contributed by atoms with Gasteiger partial charge in [0.15, 0.2) is 0 Å². The third-order valence-corrected chi connectivity index (χ3v) is 4.27. The first-order valence-electron chi connectivity index (χ1n) is 7.40. The second-order valence-electron chi connectivity index (χ2n) is 5.70. The molecule has 1 atom stereocenters. The van der Waals surface area contributed by atoms with Crippen molar-refractivity contribution in [2.45, 2.75) is 33.4 Å². The van der Waals surface area contributed by atoms with Crippen molar-refractivity contribution < 1.29 is 4.42 Å². The number of nitrogens with one attached hydrogen (secondary N) is 1. The smallest absolute Gasteiger partial charge is 0.120 e. The molecule has 110 valence electrons. The van der Waals surface area contributed by atoms with Gasteiger partial charge in [0.25, 0.3) is 0 Å². The van der Waals surface area contributed by atoms with Crippen LogP contribution in [0.1, 0.15) is 35.7 Å². The molecule has 0 aliphatic rings. The predicted molar refractivity (Wildman–Crippen MR) is 86.4 cm³/mol. The lowest BCUT2D eigenvalue weighted by molar-refractivity contribution is 0.413. The number of aromatic nitrogens is 1. The molecule has 0 amide bonds. The summed E-state index contributed by atoms with van der Waals surface area (Å²) in [6.45, 7) is 7.14. The molecule has 3 heteroatoms. The van der Waals surface area contributed by atoms with Gasteiger partial charge in [-0.1, -0.05) is 18.2 Å². The van der Waals surface area contributed by atoms with Crippen molar-refractivity contribution >= 4 is 10.9 Å². The van der Waals surface area contributed by atoms with Crippen LogP contribution in [0, 0.1) is 13.8 Å². The second kappa shape index (κ2) is 5.41. The number of aryl methyl sites for hydroxylation is 3. The van der Waals surface area contributed by atoms with Crippen molar-refractivity contribution in [2.75, 3.05) is 0 Å². The number of rotatable bonds is 4. The van der Waals surface area contributed by atoms with Gasteiger partial charge < -0.3 is 14.3 Å². The van der Waals surface area contributed by atoms with Gasteiger partial charge in [-0.3, -0.25) is 0 Å². The zero-order valence-electron chi connectivity index (χ0n) is 13.1. The van der Waals surface area contributed by atoms with Crippen LogP contribution in [0.5, 0.6) is 0 Å². The summed E-state index contributed by atoms with van der Waals surface area (Å²) in [5, 5.41) is 4.89. The summed E-state index contributed by atoms with van der Waals surface area (Å²) in [6.07, 6.45) is 0. The highest BCUT2D eigenvalue weighted by molar-refractivity contribution is 5.85. The summed E-state index contributed by atoms with van der Waals surface area (Å²) in [4.78, 5) is 0. The van der Waals surface area contributed by atoms with Crippen LogP contribution in [0.4, 0.5) is 0 Å². The van der Waals surface area contributed by atoms with Gasteiger partial charge >= 0.3 is 0 Å². The van der Waals surface area contributed by atoms with E-state index >= 15 is 0 Å². The molecule has 0 fully saturated rings. The van der Waals surface area contributed by atoms with E-state index in [0.717, 1.165) is 18.1 Å². The third kappa shape index (κ3) is 2.49. The first-order valence-corrected chi connectivity index (χ1v) is 7.40. The highest BCUT2D eigenvalue weighted by Crippen LogP contribution is 2.25. The van der Waals surface area contributed by atoms with Gasteiger partial charge in [-0.2, -0.15) is 0 Å². The molecule has 21 heavy (non-hydrogen) atoms. The highest BCUT2D eigenvalue weighted by Gasteiger charge is 2.14. The van der Waals surface area contributed by atoms with E-state index in [-0.39, 0.29) is 6.04 Å². The maximum atomic E-state index is 5.68. The Balaban J connectivity index is 1.82. The van der Waals surface area contributed by atoms with Crippen LogP contribution in [-0.2, 0) is 13.6 Å². The number of benzene rings is 1. The van der Waals surface area contributed by atoms with Gasteiger partial charge in [-0.15, -0.1) is 0 Å². The van der Waals surface area contributed by atoms with E-state index in [1.54, 1.807) is 0 Å². The van der Waals surface area contributed by atoms with Crippen molar-refractivity contribution in [2.24, 2.45) is 7.05 Å². The van der Waals surface area contributed by atoms with Gasteiger partial charge in [0.2, 0.25) is 0 Å². The molecule has 1 unspecified atom stereocenters. The molecule has 1 aromatic carbocycles. The zero-order chi connectivity index (χ0) is 15.0. The van der Waals surface area contributed by atoms with Crippen LogP contribution in [-0.4, -0.2) is 4.57 Å². The summed E-state index contributed by atoms with van der Waals surface area (Å²) in [5.41, 5.74) is 3.96. The lowest BCUT2D eigenvalue weighted by Gasteiger charge is -2.13. The SMILES string of the molecule is Cc1ccc(C(C)NCc2c(C)c3ccccc3n2C)o1. The Kier molecular flexibility index (Phi) is 3.60. The molecule has 0 bridgehead atoms. The Labute approximate surface area is 125 Å². The fourth-order valence-electron chi connectivity index (χ4n) is 2.92. The minimum atomic E-state index is 0.205. The van der Waals surface area contributed by atoms with Gasteiger partial charge in [-0.05, 0) is 44.5 Å². The van der Waals surface area contributed by atoms with Crippen LogP contribution < -0.4 is 5.32 Å². The molecule has 0 radical (unpaired) electrons. The fraction of sp³-hybridized carbons (Fsp3) is 0.333. The molecular formula is C18H22N2O. The molecule has 0 saturated heterocycles. The third-order valence-electron chi connectivity index (χ3n) is 4.27. The summed E-state index contributed by atoms with van der Waals surface area (Å²) < 4.78 is 7.96. The molecule has 3 aromatic rings. The number of hydrogen-bond donors (Lipinski definition) is 1. The second-order valence-corrected chi connectivity index (χ2v) is 5.70. The van der Waals surface area contributed by atoms with E-state index < -0.39 is 0 Å². The average Bonchev–Trinajstić information content (AvgIpc) is 3.02. The molecule has 0 aliphatic heterocycles. The van der Waals surface area contributed by atoms with Crippen molar-refractivity contribution in [3.8, 4) is 0 Å². The predicted octanol–water partition coefficient (Wildman–Crippen LogP) is 4.24. The zero-order valence-corrected chi connectivity index (χ0v) is 13.1. The highest BCUT2D eigenvalue weighted by atomic mass is 16.3. The Morgan fingerprint density at radius 1 is 1.14 bits per heavy atom. The van der Waals surface area contributed by atoms with Crippen LogP contribution in [0.25, 0.3) is 10.9 Å². The van der Waals surface area contributed by atoms with Crippen LogP contribution >= 0.6 is 0 Å². The Morgan fingerprint density at radius 2 is 1.90 bits per heavy atom. The van der Waals surface area contributed by atoms with Crippen LogP contribution in [0.15, 0.2) is 40.8 Å². The Morgan fingerprint density at radius 3 is 2.57 bits per heavy atom. The number of para-hydroxylation sites is 1. The van der Waals surface area contributed by atoms with E-state index in [2.05, 4.69) is 55.0 Å². The molecule has 3 nitrogen and oxygen atoms in total. The standard InChI is InChI=1S/C18H22N2O/c1-12-9-10-18(21-12)14(3)19-11-17-13(2)15-7-5-6-8-16(15)20(17)4/h5-10,14,19H,11H2,1-4H3. The first kappa shape index (κ1) is 14.0. The summed E-state index contributed by atoms with van der Waals surface area (Å²) >= 11 is 0. The minimum Gasteiger partial charge on any atom is -0.465 e. The van der Waals surface area contributed by atoms with E-state index in [0.29, 0.717) is 0 Å². The topological polar surface area (TPSA) is 30.1 Å². The van der Waals surface area contributed by atoms with Crippen molar-refractivity contribution in [3.63, 3.8) is 0 Å².